The summed E-state index contributed by atoms with van der Waals surface area (Å²) in [5, 5.41) is 12.6. The van der Waals surface area contributed by atoms with Crippen LogP contribution < -0.4 is 14.9 Å². The largest absolute Gasteiger partial charge is 0.508 e. The third-order valence-corrected chi connectivity index (χ3v) is 6.45. The molecule has 0 bridgehead atoms. The Bertz CT molecular complexity index is 1180. The second-order valence-corrected chi connectivity index (χ2v) is 9.25. The van der Waals surface area contributed by atoms with Crippen molar-refractivity contribution >= 4 is 27.5 Å². The van der Waals surface area contributed by atoms with Crippen molar-refractivity contribution in [3.8, 4) is 11.5 Å². The SMILES string of the molecule is O=C(Oc1ccc(CCNCCCCCCOCCc2ccc(O)cc2)c2sc(=O)[nH]c12)C(F)(F)F. The number of halogens is 3. The van der Waals surface area contributed by atoms with Crippen LogP contribution in [0.5, 0.6) is 11.5 Å². The van der Waals surface area contributed by atoms with Gasteiger partial charge in [0.05, 0.1) is 11.3 Å². The highest BCUT2D eigenvalue weighted by molar-refractivity contribution is 7.16. The second-order valence-electron chi connectivity index (χ2n) is 8.27. The minimum atomic E-state index is -5.12. The first-order valence-electron chi connectivity index (χ1n) is 11.7. The molecule has 7 nitrogen and oxygen atoms in total. The molecule has 3 rings (SSSR count). The summed E-state index contributed by atoms with van der Waals surface area (Å²) >= 11 is 0.876. The van der Waals surface area contributed by atoms with Crippen LogP contribution in [0.2, 0.25) is 0 Å². The number of fused-ring (bicyclic) bond motifs is 1. The van der Waals surface area contributed by atoms with E-state index in [4.69, 9.17) is 4.74 Å². The molecule has 2 aromatic carbocycles. The van der Waals surface area contributed by atoms with Crippen LogP contribution in [0.1, 0.15) is 36.8 Å². The Hall–Kier alpha value is -2.89. The monoisotopic (exact) mass is 526 g/mol. The Kier molecular flexibility index (Phi) is 10.3. The molecule has 0 saturated carbocycles. The van der Waals surface area contributed by atoms with Crippen LogP contribution in [-0.4, -0.2) is 48.5 Å². The van der Waals surface area contributed by atoms with E-state index in [-0.39, 0.29) is 17.0 Å². The van der Waals surface area contributed by atoms with Crippen LogP contribution in [0.4, 0.5) is 13.2 Å². The van der Waals surface area contributed by atoms with E-state index in [0.717, 1.165) is 67.7 Å². The highest BCUT2D eigenvalue weighted by Gasteiger charge is 2.41. The summed E-state index contributed by atoms with van der Waals surface area (Å²) in [6.07, 6.45) is 0.406. The van der Waals surface area contributed by atoms with Gasteiger partial charge in [0.25, 0.3) is 0 Å². The molecule has 0 saturated heterocycles. The zero-order valence-corrected chi connectivity index (χ0v) is 20.5. The van der Waals surface area contributed by atoms with Gasteiger partial charge in [-0.2, -0.15) is 13.2 Å². The number of hydrogen-bond acceptors (Lipinski definition) is 7. The van der Waals surface area contributed by atoms with Gasteiger partial charge >= 0.3 is 17.0 Å². The van der Waals surface area contributed by atoms with Crippen molar-refractivity contribution in [2.24, 2.45) is 0 Å². The number of aromatic amines is 1. The number of aromatic nitrogens is 1. The number of carbonyl (C=O) groups is 1. The molecule has 1 heterocycles. The van der Waals surface area contributed by atoms with Crippen LogP contribution in [0.15, 0.2) is 41.2 Å². The zero-order valence-electron chi connectivity index (χ0n) is 19.7. The molecule has 3 N–H and O–H groups in total. The predicted molar refractivity (Wildman–Crippen MR) is 132 cm³/mol. The molecule has 0 amide bonds. The number of ether oxygens (including phenoxy) is 2. The predicted octanol–water partition coefficient (Wildman–Crippen LogP) is 4.71. The van der Waals surface area contributed by atoms with Gasteiger partial charge < -0.3 is 24.9 Å². The molecule has 1 aromatic heterocycles. The minimum absolute atomic E-state index is 0.102. The number of thiazole rings is 1. The van der Waals surface area contributed by atoms with Crippen LogP contribution in [0.25, 0.3) is 10.2 Å². The first-order valence-corrected chi connectivity index (χ1v) is 12.6. The lowest BCUT2D eigenvalue weighted by Gasteiger charge is -2.10. The van der Waals surface area contributed by atoms with Gasteiger partial charge in [-0.1, -0.05) is 42.4 Å². The molecule has 0 fully saturated rings. The summed E-state index contributed by atoms with van der Waals surface area (Å²) in [6.45, 7) is 2.84. The van der Waals surface area contributed by atoms with Crippen molar-refractivity contribution in [3.05, 3.63) is 57.2 Å². The summed E-state index contributed by atoms with van der Waals surface area (Å²) in [6, 6.07) is 9.97. The molecule has 0 spiro atoms. The van der Waals surface area contributed by atoms with Gasteiger partial charge in [-0.05, 0) is 68.1 Å². The number of carbonyl (C=O) groups excluding carboxylic acids is 1. The highest BCUT2D eigenvalue weighted by atomic mass is 32.1. The molecule has 0 aliphatic carbocycles. The Balaban J connectivity index is 1.29. The number of unbranched alkanes of at least 4 members (excludes halogenated alkanes) is 3. The lowest BCUT2D eigenvalue weighted by atomic mass is 10.1. The van der Waals surface area contributed by atoms with Gasteiger partial charge in [0.15, 0.2) is 5.75 Å². The Morgan fingerprint density at radius 2 is 1.72 bits per heavy atom. The number of nitrogens with one attached hydrogen (secondary N) is 2. The molecule has 0 aliphatic heterocycles. The molecule has 0 atom stereocenters. The molecule has 196 valence electrons. The van der Waals surface area contributed by atoms with Gasteiger partial charge in [-0.25, -0.2) is 4.79 Å². The average Bonchev–Trinajstić information content (AvgIpc) is 3.23. The Morgan fingerprint density at radius 3 is 2.47 bits per heavy atom. The lowest BCUT2D eigenvalue weighted by Crippen LogP contribution is -2.28. The second kappa shape index (κ2) is 13.4. The summed E-state index contributed by atoms with van der Waals surface area (Å²) in [5.74, 6) is -2.38. The fraction of sp³-hybridized carbons (Fsp3) is 0.440. The third-order valence-electron chi connectivity index (χ3n) is 5.49. The number of H-pyrrole nitrogens is 1. The summed E-state index contributed by atoms with van der Waals surface area (Å²) in [7, 11) is 0. The van der Waals surface area contributed by atoms with Gasteiger partial charge in [0.2, 0.25) is 0 Å². The van der Waals surface area contributed by atoms with Gasteiger partial charge in [0, 0.05) is 6.61 Å². The van der Waals surface area contributed by atoms with E-state index in [9.17, 15) is 27.9 Å². The molecule has 0 aliphatic rings. The number of phenols is 1. The Labute approximate surface area is 210 Å². The molecule has 0 radical (unpaired) electrons. The summed E-state index contributed by atoms with van der Waals surface area (Å²) in [5.41, 5.74) is 2.02. The third kappa shape index (κ3) is 8.65. The first-order chi connectivity index (χ1) is 17.2. The number of alkyl halides is 3. The lowest BCUT2D eigenvalue weighted by molar-refractivity contribution is -0.189. The van der Waals surface area contributed by atoms with E-state index in [1.165, 1.54) is 6.07 Å². The van der Waals surface area contributed by atoms with Crippen molar-refractivity contribution in [1.82, 2.24) is 10.3 Å². The van der Waals surface area contributed by atoms with Crippen LogP contribution in [0.3, 0.4) is 0 Å². The van der Waals surface area contributed by atoms with E-state index in [2.05, 4.69) is 15.0 Å². The van der Waals surface area contributed by atoms with Crippen LogP contribution >= 0.6 is 11.3 Å². The van der Waals surface area contributed by atoms with Crippen molar-refractivity contribution in [2.45, 2.75) is 44.7 Å². The van der Waals surface area contributed by atoms with Crippen molar-refractivity contribution in [1.29, 1.82) is 0 Å². The van der Waals surface area contributed by atoms with Crippen molar-refractivity contribution in [3.63, 3.8) is 0 Å². The maximum atomic E-state index is 12.5. The molecule has 36 heavy (non-hydrogen) atoms. The zero-order chi connectivity index (χ0) is 26.0. The molecule has 3 aromatic rings. The normalized spacial score (nSPS) is 11.8. The van der Waals surface area contributed by atoms with Gasteiger partial charge in [-0.15, -0.1) is 0 Å². The number of rotatable bonds is 14. The quantitative estimate of drug-likeness (QED) is 0.160. The molecular weight excluding hydrogens is 497 g/mol. The number of phenolic OH excluding ortho intramolecular Hbond substituents is 1. The van der Waals surface area contributed by atoms with Crippen LogP contribution in [-0.2, 0) is 22.4 Å². The number of esters is 1. The Morgan fingerprint density at radius 1 is 0.972 bits per heavy atom. The fourth-order valence-electron chi connectivity index (χ4n) is 3.61. The maximum absolute atomic E-state index is 12.5. The van der Waals surface area contributed by atoms with E-state index in [1.54, 1.807) is 18.2 Å². The van der Waals surface area contributed by atoms with Gasteiger partial charge in [0.1, 0.15) is 11.3 Å². The fourth-order valence-corrected chi connectivity index (χ4v) is 4.51. The maximum Gasteiger partial charge on any atom is 0.491 e. The summed E-state index contributed by atoms with van der Waals surface area (Å²) < 4.78 is 48.1. The highest BCUT2D eigenvalue weighted by Crippen LogP contribution is 2.30. The number of hydrogen-bond donors (Lipinski definition) is 3. The standard InChI is InChI=1S/C25H29F3N2O5S/c26-25(27,28)23(32)35-20-10-7-18(22-21(20)30-24(33)36-22)11-14-29-13-3-1-2-4-15-34-16-12-17-5-8-19(31)9-6-17/h5-10,29,31H,1-4,11-16H2,(H,30,33). The van der Waals surface area contributed by atoms with Crippen molar-refractivity contribution in [2.75, 3.05) is 26.3 Å². The summed E-state index contributed by atoms with van der Waals surface area (Å²) in [4.78, 5) is 25.0. The number of benzene rings is 2. The van der Waals surface area contributed by atoms with E-state index >= 15 is 0 Å². The average molecular weight is 527 g/mol. The molecule has 11 heteroatoms. The molecule has 0 unspecified atom stereocenters. The number of aromatic hydroxyl groups is 1. The molecular formula is C25H29F3N2O5S. The van der Waals surface area contributed by atoms with E-state index in [1.807, 2.05) is 12.1 Å². The van der Waals surface area contributed by atoms with E-state index in [0.29, 0.717) is 24.3 Å². The smallest absolute Gasteiger partial charge is 0.491 e. The van der Waals surface area contributed by atoms with Crippen LogP contribution in [0, 0.1) is 0 Å². The first kappa shape index (κ1) is 27.7. The topological polar surface area (TPSA) is 101 Å². The van der Waals surface area contributed by atoms with Gasteiger partial charge in [-0.3, -0.25) is 4.79 Å². The van der Waals surface area contributed by atoms with E-state index < -0.39 is 17.0 Å². The minimum Gasteiger partial charge on any atom is -0.508 e. The van der Waals surface area contributed by atoms with Crippen molar-refractivity contribution < 1.29 is 32.5 Å².